The molecule has 2 unspecified atom stereocenters. The van der Waals surface area contributed by atoms with Crippen molar-refractivity contribution in [3.63, 3.8) is 0 Å². The number of benzene rings is 1. The second kappa shape index (κ2) is 9.37. The van der Waals surface area contributed by atoms with E-state index in [2.05, 4.69) is 29.7 Å². The third-order valence-corrected chi connectivity index (χ3v) is 4.84. The molecule has 1 saturated heterocycles. The molecular weight excluding hydrogens is 304 g/mol. The average Bonchev–Trinajstić information content (AvgIpc) is 2.56. The van der Waals surface area contributed by atoms with Crippen LogP contribution in [-0.4, -0.2) is 78.1 Å². The van der Waals surface area contributed by atoms with Gasteiger partial charge in [0.1, 0.15) is 18.5 Å². The zero-order valence-electron chi connectivity index (χ0n) is 15.2. The number of aliphatic hydroxyl groups is 2. The summed E-state index contributed by atoms with van der Waals surface area (Å²) in [6.07, 6.45) is 0.486. The van der Waals surface area contributed by atoms with Crippen LogP contribution >= 0.6 is 0 Å². The highest BCUT2D eigenvalue weighted by atomic mass is 16.5. The van der Waals surface area contributed by atoms with Gasteiger partial charge in [-0.05, 0) is 31.9 Å². The first-order chi connectivity index (χ1) is 11.5. The number of aliphatic hydroxyl groups excluding tert-OH is 2. The summed E-state index contributed by atoms with van der Waals surface area (Å²) in [5.41, 5.74) is 2.32. The molecule has 1 aromatic carbocycles. The number of rotatable bonds is 8. The van der Waals surface area contributed by atoms with Crippen molar-refractivity contribution in [2.24, 2.45) is 0 Å². The molecule has 1 aliphatic heterocycles. The molecule has 2 atom stereocenters. The zero-order valence-corrected chi connectivity index (χ0v) is 15.2. The molecule has 0 aliphatic carbocycles. The Morgan fingerprint density at radius 2 is 1.88 bits per heavy atom. The van der Waals surface area contributed by atoms with Crippen LogP contribution in [0, 0.1) is 13.8 Å². The molecule has 0 saturated carbocycles. The summed E-state index contributed by atoms with van der Waals surface area (Å²) in [6, 6.07) is 6.35. The maximum absolute atomic E-state index is 10.3. The highest BCUT2D eigenvalue weighted by Gasteiger charge is 2.23. The van der Waals surface area contributed by atoms with Crippen LogP contribution in [-0.2, 0) is 0 Å². The average molecular weight is 336 g/mol. The molecule has 5 nitrogen and oxygen atoms in total. The standard InChI is InChI=1S/C19H32N2O3/c1-4-17(13-22)21-9-7-20(8-10-21)12-18(23)14-24-19-6-5-15(2)11-16(19)3/h5-6,11,17-18,22-23H,4,7-10,12-14H2,1-3H3. The van der Waals surface area contributed by atoms with Crippen LogP contribution in [0.25, 0.3) is 0 Å². The Balaban J connectivity index is 1.72. The fourth-order valence-corrected chi connectivity index (χ4v) is 3.31. The number of β-amino-alcohol motifs (C(OH)–C–C–N with tert-alkyl or cyclic N) is 1. The van der Waals surface area contributed by atoms with E-state index in [0.717, 1.165) is 43.9 Å². The Hall–Kier alpha value is -1.14. The molecule has 1 fully saturated rings. The smallest absolute Gasteiger partial charge is 0.122 e. The van der Waals surface area contributed by atoms with Gasteiger partial charge in [0.05, 0.1) is 6.61 Å². The minimum atomic E-state index is -0.489. The predicted octanol–water partition coefficient (Wildman–Crippen LogP) is 1.43. The summed E-state index contributed by atoms with van der Waals surface area (Å²) in [7, 11) is 0. The molecular formula is C19H32N2O3. The van der Waals surface area contributed by atoms with Gasteiger partial charge in [0.2, 0.25) is 0 Å². The topological polar surface area (TPSA) is 56.2 Å². The number of piperazine rings is 1. The number of nitrogens with zero attached hydrogens (tertiary/aromatic N) is 2. The lowest BCUT2D eigenvalue weighted by molar-refractivity contribution is 0.0261. The Morgan fingerprint density at radius 3 is 2.46 bits per heavy atom. The van der Waals surface area contributed by atoms with Gasteiger partial charge < -0.3 is 14.9 Å². The SMILES string of the molecule is CCC(CO)N1CCN(CC(O)COc2ccc(C)cc2C)CC1. The van der Waals surface area contributed by atoms with E-state index in [1.165, 1.54) is 5.56 Å². The molecule has 0 bridgehead atoms. The second-order valence-electron chi connectivity index (χ2n) is 6.82. The second-order valence-corrected chi connectivity index (χ2v) is 6.82. The Kier molecular flexibility index (Phi) is 7.49. The number of aryl methyl sites for hydroxylation is 2. The minimum absolute atomic E-state index is 0.225. The summed E-state index contributed by atoms with van der Waals surface area (Å²) in [5, 5.41) is 19.7. The van der Waals surface area contributed by atoms with Crippen LogP contribution in [0.2, 0.25) is 0 Å². The van der Waals surface area contributed by atoms with E-state index < -0.39 is 6.10 Å². The molecule has 136 valence electrons. The molecule has 1 aliphatic rings. The third-order valence-electron chi connectivity index (χ3n) is 4.84. The van der Waals surface area contributed by atoms with Gasteiger partial charge in [0.25, 0.3) is 0 Å². The number of hydrogen-bond acceptors (Lipinski definition) is 5. The highest BCUT2D eigenvalue weighted by Crippen LogP contribution is 2.19. The lowest BCUT2D eigenvalue weighted by atomic mass is 10.1. The van der Waals surface area contributed by atoms with E-state index in [9.17, 15) is 10.2 Å². The van der Waals surface area contributed by atoms with Gasteiger partial charge >= 0.3 is 0 Å². The first-order valence-corrected chi connectivity index (χ1v) is 8.98. The summed E-state index contributed by atoms with van der Waals surface area (Å²) in [4.78, 5) is 4.62. The highest BCUT2D eigenvalue weighted by molar-refractivity contribution is 5.35. The van der Waals surface area contributed by atoms with Crippen LogP contribution < -0.4 is 4.74 Å². The van der Waals surface area contributed by atoms with E-state index >= 15 is 0 Å². The monoisotopic (exact) mass is 336 g/mol. The van der Waals surface area contributed by atoms with E-state index in [4.69, 9.17) is 4.74 Å². The molecule has 0 aromatic heterocycles. The van der Waals surface area contributed by atoms with Crippen molar-refractivity contribution in [3.8, 4) is 5.75 Å². The van der Waals surface area contributed by atoms with Gasteiger partial charge in [-0.15, -0.1) is 0 Å². The molecule has 0 radical (unpaired) electrons. The van der Waals surface area contributed by atoms with Crippen LogP contribution in [0.1, 0.15) is 24.5 Å². The molecule has 5 heteroatoms. The quantitative estimate of drug-likeness (QED) is 0.752. The molecule has 2 N–H and O–H groups in total. The van der Waals surface area contributed by atoms with Crippen LogP contribution in [0.3, 0.4) is 0 Å². The largest absolute Gasteiger partial charge is 0.491 e. The molecule has 1 aromatic rings. The van der Waals surface area contributed by atoms with E-state index in [1.807, 2.05) is 19.1 Å². The molecule has 24 heavy (non-hydrogen) atoms. The fraction of sp³-hybridized carbons (Fsp3) is 0.684. The van der Waals surface area contributed by atoms with Gasteiger partial charge in [-0.1, -0.05) is 24.6 Å². The molecule has 0 amide bonds. The van der Waals surface area contributed by atoms with Gasteiger partial charge in [0.15, 0.2) is 0 Å². The van der Waals surface area contributed by atoms with Crippen molar-refractivity contribution in [1.29, 1.82) is 0 Å². The Bertz CT molecular complexity index is 497. The van der Waals surface area contributed by atoms with Gasteiger partial charge in [-0.2, -0.15) is 0 Å². The van der Waals surface area contributed by atoms with E-state index in [0.29, 0.717) is 13.2 Å². The van der Waals surface area contributed by atoms with Crippen LogP contribution in [0.4, 0.5) is 0 Å². The third kappa shape index (κ3) is 5.45. The zero-order chi connectivity index (χ0) is 17.5. The van der Waals surface area contributed by atoms with Crippen molar-refractivity contribution in [2.45, 2.75) is 39.3 Å². The van der Waals surface area contributed by atoms with Gasteiger partial charge in [0, 0.05) is 38.8 Å². The van der Waals surface area contributed by atoms with Gasteiger partial charge in [-0.3, -0.25) is 9.80 Å². The lowest BCUT2D eigenvalue weighted by Crippen LogP contribution is -2.52. The van der Waals surface area contributed by atoms with Crippen molar-refractivity contribution < 1.29 is 14.9 Å². The van der Waals surface area contributed by atoms with Crippen LogP contribution in [0.5, 0.6) is 5.75 Å². The normalized spacial score (nSPS) is 19.2. The molecule has 0 spiro atoms. The molecule has 1 heterocycles. The summed E-state index contributed by atoms with van der Waals surface area (Å²) >= 11 is 0. The van der Waals surface area contributed by atoms with E-state index in [-0.39, 0.29) is 12.6 Å². The predicted molar refractivity (Wildman–Crippen MR) is 96.6 cm³/mol. The van der Waals surface area contributed by atoms with Gasteiger partial charge in [-0.25, -0.2) is 0 Å². The maximum atomic E-state index is 10.3. The minimum Gasteiger partial charge on any atom is -0.491 e. The molecule has 2 rings (SSSR count). The Labute approximate surface area is 145 Å². The summed E-state index contributed by atoms with van der Waals surface area (Å²) < 4.78 is 5.77. The van der Waals surface area contributed by atoms with Crippen molar-refractivity contribution in [2.75, 3.05) is 45.9 Å². The lowest BCUT2D eigenvalue weighted by Gasteiger charge is -2.39. The Morgan fingerprint density at radius 1 is 1.17 bits per heavy atom. The number of ether oxygens (including phenoxy) is 1. The van der Waals surface area contributed by atoms with E-state index in [1.54, 1.807) is 0 Å². The first kappa shape index (κ1) is 19.2. The maximum Gasteiger partial charge on any atom is 0.122 e. The van der Waals surface area contributed by atoms with Crippen molar-refractivity contribution in [3.05, 3.63) is 29.3 Å². The number of hydrogen-bond donors (Lipinski definition) is 2. The summed E-state index contributed by atoms with van der Waals surface area (Å²) in [5.74, 6) is 0.846. The van der Waals surface area contributed by atoms with Crippen molar-refractivity contribution in [1.82, 2.24) is 9.80 Å². The van der Waals surface area contributed by atoms with Crippen molar-refractivity contribution >= 4 is 0 Å². The first-order valence-electron chi connectivity index (χ1n) is 8.98. The summed E-state index contributed by atoms with van der Waals surface area (Å²) in [6.45, 7) is 11.1. The van der Waals surface area contributed by atoms with Crippen LogP contribution in [0.15, 0.2) is 18.2 Å². The fourth-order valence-electron chi connectivity index (χ4n) is 3.31.